The maximum Gasteiger partial charge on any atom is 0.0105 e. The Kier molecular flexibility index (Phi) is 1.29. The van der Waals surface area contributed by atoms with E-state index in [2.05, 4.69) is 11.8 Å². The predicted octanol–water partition coefficient (Wildman–Crippen LogP) is 0.287. The first-order valence-corrected chi connectivity index (χ1v) is 4.17. The van der Waals surface area contributed by atoms with E-state index in [-0.39, 0.29) is 0 Å². The van der Waals surface area contributed by atoms with E-state index in [4.69, 9.17) is 5.73 Å². The van der Waals surface area contributed by atoms with Crippen molar-refractivity contribution in [3.05, 3.63) is 0 Å². The topological polar surface area (TPSA) is 29.3 Å². The van der Waals surface area contributed by atoms with E-state index in [0.29, 0.717) is 5.41 Å². The lowest BCUT2D eigenvalue weighted by Gasteiger charge is -2.17. The Bertz CT molecular complexity index is 146. The zero-order valence-corrected chi connectivity index (χ0v) is 6.64. The van der Waals surface area contributed by atoms with Crippen molar-refractivity contribution in [2.45, 2.75) is 13.3 Å². The van der Waals surface area contributed by atoms with Gasteiger partial charge in [-0.3, -0.25) is 0 Å². The zero-order chi connectivity index (χ0) is 7.19. The second-order valence-corrected chi connectivity index (χ2v) is 4.08. The number of likely N-dealkylation sites (tertiary alicyclic amines) is 1. The minimum atomic E-state index is 0.704. The van der Waals surface area contributed by atoms with Crippen LogP contribution in [0.3, 0.4) is 0 Å². The van der Waals surface area contributed by atoms with Crippen LogP contribution in [-0.4, -0.2) is 31.1 Å². The number of nitrogens with two attached hydrogens (primary N) is 1. The number of piperidine rings is 1. The summed E-state index contributed by atoms with van der Waals surface area (Å²) in [5.74, 6) is 1.01. The van der Waals surface area contributed by atoms with Crippen molar-refractivity contribution in [3.8, 4) is 0 Å². The lowest BCUT2D eigenvalue weighted by Crippen LogP contribution is -2.29. The molecule has 1 aliphatic heterocycles. The highest BCUT2D eigenvalue weighted by Crippen LogP contribution is 2.56. The minimum Gasteiger partial charge on any atom is -0.329 e. The Balaban J connectivity index is 1.86. The fourth-order valence-corrected chi connectivity index (χ4v) is 2.22. The summed E-state index contributed by atoms with van der Waals surface area (Å²) in [6, 6.07) is 0. The summed E-state index contributed by atoms with van der Waals surface area (Å²) in [7, 11) is 0. The molecule has 2 rings (SSSR count). The molecule has 58 valence electrons. The molecule has 1 saturated heterocycles. The van der Waals surface area contributed by atoms with Gasteiger partial charge in [0.2, 0.25) is 0 Å². The van der Waals surface area contributed by atoms with Crippen molar-refractivity contribution in [3.63, 3.8) is 0 Å². The van der Waals surface area contributed by atoms with Crippen LogP contribution in [0.25, 0.3) is 0 Å². The molecule has 2 nitrogen and oxygen atoms in total. The number of rotatable bonds is 2. The average Bonchev–Trinajstić information content (AvgIpc) is 2.34. The third-order valence-electron chi connectivity index (χ3n) is 3.05. The molecular formula is C8H16N2. The molecule has 0 aromatic rings. The van der Waals surface area contributed by atoms with Gasteiger partial charge in [-0.25, -0.2) is 0 Å². The van der Waals surface area contributed by atoms with E-state index in [1.807, 2.05) is 0 Å². The maximum absolute atomic E-state index is 5.47. The minimum absolute atomic E-state index is 0.704. The van der Waals surface area contributed by atoms with E-state index < -0.39 is 0 Å². The smallest absolute Gasteiger partial charge is 0.0105 e. The molecule has 2 fully saturated rings. The summed E-state index contributed by atoms with van der Waals surface area (Å²) < 4.78 is 0. The van der Waals surface area contributed by atoms with E-state index in [0.717, 1.165) is 19.0 Å². The maximum atomic E-state index is 5.47. The number of hydrogen-bond donors (Lipinski definition) is 1. The molecule has 2 heteroatoms. The molecule has 0 aromatic carbocycles. The number of nitrogens with zero attached hydrogens (tertiary/aromatic N) is 1. The van der Waals surface area contributed by atoms with Gasteiger partial charge in [0.15, 0.2) is 0 Å². The van der Waals surface area contributed by atoms with Gasteiger partial charge in [-0.1, -0.05) is 6.92 Å². The van der Waals surface area contributed by atoms with Crippen LogP contribution in [0.5, 0.6) is 0 Å². The van der Waals surface area contributed by atoms with Gasteiger partial charge in [0.05, 0.1) is 0 Å². The Labute approximate surface area is 62.4 Å². The largest absolute Gasteiger partial charge is 0.329 e. The fraction of sp³-hybridized carbons (Fsp3) is 1.00. The van der Waals surface area contributed by atoms with Gasteiger partial charge in [0, 0.05) is 26.2 Å². The lowest BCUT2D eigenvalue weighted by atomic mass is 10.1. The van der Waals surface area contributed by atoms with Crippen LogP contribution in [0.4, 0.5) is 0 Å². The van der Waals surface area contributed by atoms with Gasteiger partial charge < -0.3 is 10.6 Å². The van der Waals surface area contributed by atoms with E-state index in [1.54, 1.807) is 0 Å². The summed E-state index contributed by atoms with van der Waals surface area (Å²) in [5, 5.41) is 0. The predicted molar refractivity (Wildman–Crippen MR) is 41.7 cm³/mol. The first kappa shape index (κ1) is 6.62. The standard InChI is InChI=1S/C8H16N2/c1-8-4-7(8)5-10(6-8)3-2-9/h7H,2-6,9H2,1H3. The molecule has 1 aliphatic carbocycles. The van der Waals surface area contributed by atoms with Crippen molar-refractivity contribution in [2.24, 2.45) is 17.1 Å². The van der Waals surface area contributed by atoms with E-state index in [9.17, 15) is 0 Å². The fourth-order valence-electron chi connectivity index (χ4n) is 2.22. The third-order valence-corrected chi connectivity index (χ3v) is 3.05. The van der Waals surface area contributed by atoms with Crippen LogP contribution in [0.15, 0.2) is 0 Å². The van der Waals surface area contributed by atoms with Crippen LogP contribution in [0.1, 0.15) is 13.3 Å². The van der Waals surface area contributed by atoms with Gasteiger partial charge in [0.25, 0.3) is 0 Å². The van der Waals surface area contributed by atoms with Crippen molar-refractivity contribution in [1.29, 1.82) is 0 Å². The molecule has 0 radical (unpaired) electrons. The van der Waals surface area contributed by atoms with Crippen molar-refractivity contribution in [1.82, 2.24) is 4.90 Å². The molecule has 1 heterocycles. The second kappa shape index (κ2) is 1.95. The highest BCUT2D eigenvalue weighted by atomic mass is 15.2. The van der Waals surface area contributed by atoms with Gasteiger partial charge >= 0.3 is 0 Å². The van der Waals surface area contributed by atoms with E-state index >= 15 is 0 Å². The van der Waals surface area contributed by atoms with Gasteiger partial charge in [-0.2, -0.15) is 0 Å². The number of fused-ring (bicyclic) bond motifs is 1. The highest BCUT2D eigenvalue weighted by Gasteiger charge is 2.55. The van der Waals surface area contributed by atoms with Crippen LogP contribution < -0.4 is 5.73 Å². The highest BCUT2D eigenvalue weighted by molar-refractivity contribution is 5.07. The molecule has 2 atom stereocenters. The van der Waals surface area contributed by atoms with E-state index in [1.165, 1.54) is 19.5 Å². The molecule has 2 N–H and O–H groups in total. The summed E-state index contributed by atoms with van der Waals surface area (Å²) in [6.07, 6.45) is 1.47. The van der Waals surface area contributed by atoms with Crippen LogP contribution in [-0.2, 0) is 0 Å². The average molecular weight is 140 g/mol. The van der Waals surface area contributed by atoms with Crippen molar-refractivity contribution >= 4 is 0 Å². The Morgan fingerprint density at radius 3 is 3.00 bits per heavy atom. The summed E-state index contributed by atoms with van der Waals surface area (Å²) in [5.41, 5.74) is 6.17. The Morgan fingerprint density at radius 2 is 2.50 bits per heavy atom. The second-order valence-electron chi connectivity index (χ2n) is 4.08. The van der Waals surface area contributed by atoms with Crippen LogP contribution in [0, 0.1) is 11.3 Å². The van der Waals surface area contributed by atoms with Gasteiger partial charge in [-0.15, -0.1) is 0 Å². The molecule has 10 heavy (non-hydrogen) atoms. The monoisotopic (exact) mass is 140 g/mol. The molecular weight excluding hydrogens is 124 g/mol. The molecule has 2 aliphatic rings. The summed E-state index contributed by atoms with van der Waals surface area (Å²) in [6.45, 7) is 6.94. The van der Waals surface area contributed by atoms with Crippen molar-refractivity contribution in [2.75, 3.05) is 26.2 Å². The molecule has 2 unspecified atom stereocenters. The third kappa shape index (κ3) is 0.867. The molecule has 0 aromatic heterocycles. The number of hydrogen-bond acceptors (Lipinski definition) is 2. The normalized spacial score (nSPS) is 45.6. The molecule has 0 spiro atoms. The van der Waals surface area contributed by atoms with Gasteiger partial charge in [0.1, 0.15) is 0 Å². The summed E-state index contributed by atoms with van der Waals surface area (Å²) in [4.78, 5) is 2.49. The molecule has 0 amide bonds. The molecule has 0 bridgehead atoms. The summed E-state index contributed by atoms with van der Waals surface area (Å²) >= 11 is 0. The first-order valence-electron chi connectivity index (χ1n) is 4.17. The Morgan fingerprint density at radius 1 is 1.70 bits per heavy atom. The Hall–Kier alpha value is -0.0800. The van der Waals surface area contributed by atoms with Gasteiger partial charge in [-0.05, 0) is 17.8 Å². The molecule has 1 saturated carbocycles. The van der Waals surface area contributed by atoms with Crippen LogP contribution >= 0.6 is 0 Å². The van der Waals surface area contributed by atoms with Crippen molar-refractivity contribution < 1.29 is 0 Å². The SMILES string of the molecule is CC12CC1CN(CCN)C2. The lowest BCUT2D eigenvalue weighted by molar-refractivity contribution is 0.294. The van der Waals surface area contributed by atoms with Crippen LogP contribution in [0.2, 0.25) is 0 Å². The first-order chi connectivity index (χ1) is 4.74. The zero-order valence-electron chi connectivity index (χ0n) is 6.64. The quantitative estimate of drug-likeness (QED) is 0.597.